The molecule has 7 nitrogen and oxygen atoms in total. The molecule has 4 N–H and O–H groups in total. The van der Waals surface area contributed by atoms with Crippen LogP contribution in [0.3, 0.4) is 0 Å². The number of nitrogens with one attached hydrogen (secondary N) is 4. The predicted octanol–water partition coefficient (Wildman–Crippen LogP) is 3.69. The highest BCUT2D eigenvalue weighted by molar-refractivity contribution is 7.80. The van der Waals surface area contributed by atoms with Gasteiger partial charge in [0.25, 0.3) is 12.3 Å². The van der Waals surface area contributed by atoms with Crippen LogP contribution in [-0.2, 0) is 0 Å². The Bertz CT molecular complexity index is 916. The Labute approximate surface area is 184 Å². The summed E-state index contributed by atoms with van der Waals surface area (Å²) < 4.78 is 28.7. The number of nitrogens with zero attached hydrogens (tertiary/aromatic N) is 2. The first kappa shape index (κ1) is 21.5. The second-order valence-corrected chi connectivity index (χ2v) is 8.39. The lowest BCUT2D eigenvalue weighted by Crippen LogP contribution is -2.50. The molecule has 4 rings (SSSR count). The van der Waals surface area contributed by atoms with Gasteiger partial charge in [-0.05, 0) is 37.0 Å². The standard InChI is InChI=1S/C21H26F2N6OS/c22-18(23)17-11-16(13-7-3-1-4-8-13)26-19-15(12-24-29(17)19)20(30)27-28-21(31)25-14-9-5-2-6-10-14/h1,3-4,7-8,12,14,16-18,26H,2,5-6,9-11H2,(H,27,30)(H2,25,28,31)/t16-,17+/m1/s1. The van der Waals surface area contributed by atoms with Crippen molar-refractivity contribution in [3.63, 3.8) is 0 Å². The number of halogens is 2. The number of anilines is 1. The van der Waals surface area contributed by atoms with Gasteiger partial charge in [-0.2, -0.15) is 5.10 Å². The van der Waals surface area contributed by atoms with Crippen LogP contribution in [-0.4, -0.2) is 33.3 Å². The van der Waals surface area contributed by atoms with Crippen LogP contribution in [0.2, 0.25) is 0 Å². The molecular weight excluding hydrogens is 422 g/mol. The summed E-state index contributed by atoms with van der Waals surface area (Å²) in [4.78, 5) is 12.8. The Morgan fingerprint density at radius 3 is 2.61 bits per heavy atom. The Morgan fingerprint density at radius 2 is 1.90 bits per heavy atom. The van der Waals surface area contributed by atoms with Crippen molar-refractivity contribution in [2.24, 2.45) is 0 Å². The molecule has 0 unspecified atom stereocenters. The van der Waals surface area contributed by atoms with Gasteiger partial charge in [0.1, 0.15) is 17.4 Å². The van der Waals surface area contributed by atoms with Gasteiger partial charge in [-0.3, -0.25) is 15.6 Å². The van der Waals surface area contributed by atoms with Gasteiger partial charge in [0.2, 0.25) is 0 Å². The zero-order valence-electron chi connectivity index (χ0n) is 17.0. The second-order valence-electron chi connectivity index (χ2n) is 7.98. The maximum absolute atomic E-state index is 13.7. The summed E-state index contributed by atoms with van der Waals surface area (Å²) in [6, 6.07) is 8.18. The lowest BCUT2D eigenvalue weighted by atomic mass is 9.96. The van der Waals surface area contributed by atoms with Crippen LogP contribution >= 0.6 is 12.2 Å². The molecule has 0 bridgehead atoms. The van der Waals surface area contributed by atoms with Crippen molar-refractivity contribution >= 4 is 29.1 Å². The minimum atomic E-state index is -2.60. The molecule has 0 saturated heterocycles. The molecule has 2 heterocycles. The molecule has 1 aliphatic carbocycles. The highest BCUT2D eigenvalue weighted by Crippen LogP contribution is 2.39. The third-order valence-corrected chi connectivity index (χ3v) is 6.09. The summed E-state index contributed by atoms with van der Waals surface area (Å²) >= 11 is 5.27. The van der Waals surface area contributed by atoms with E-state index in [4.69, 9.17) is 12.2 Å². The number of carbonyl (C=O) groups is 1. The highest BCUT2D eigenvalue weighted by atomic mass is 32.1. The summed E-state index contributed by atoms with van der Waals surface area (Å²) in [6.07, 6.45) is 4.53. The Morgan fingerprint density at radius 1 is 1.16 bits per heavy atom. The van der Waals surface area contributed by atoms with Crippen LogP contribution in [0.4, 0.5) is 14.6 Å². The SMILES string of the molecule is O=C(NNC(=S)NC1CCCCC1)c1cnn2c1N[C@@H](c1ccccc1)C[C@H]2C(F)F. The van der Waals surface area contributed by atoms with Crippen molar-refractivity contribution in [2.75, 3.05) is 5.32 Å². The molecule has 1 amide bonds. The van der Waals surface area contributed by atoms with Gasteiger partial charge in [-0.1, -0.05) is 49.6 Å². The van der Waals surface area contributed by atoms with Crippen molar-refractivity contribution in [1.82, 2.24) is 25.9 Å². The van der Waals surface area contributed by atoms with Gasteiger partial charge >= 0.3 is 0 Å². The zero-order chi connectivity index (χ0) is 21.8. The smallest absolute Gasteiger partial charge is 0.275 e. The van der Waals surface area contributed by atoms with E-state index in [2.05, 4.69) is 26.6 Å². The lowest BCUT2D eigenvalue weighted by Gasteiger charge is -2.32. The van der Waals surface area contributed by atoms with Crippen LogP contribution in [0.15, 0.2) is 36.5 Å². The van der Waals surface area contributed by atoms with E-state index in [0.29, 0.717) is 11.2 Å². The van der Waals surface area contributed by atoms with Crippen molar-refractivity contribution in [2.45, 2.75) is 63.1 Å². The first-order valence-corrected chi connectivity index (χ1v) is 11.0. The number of aromatic nitrogens is 2. The molecule has 0 radical (unpaired) electrons. The zero-order valence-corrected chi connectivity index (χ0v) is 17.8. The Balaban J connectivity index is 1.45. The molecule has 2 atom stereocenters. The predicted molar refractivity (Wildman–Crippen MR) is 118 cm³/mol. The second kappa shape index (κ2) is 9.59. The van der Waals surface area contributed by atoms with E-state index in [1.807, 2.05) is 30.3 Å². The fraction of sp³-hybridized carbons (Fsp3) is 0.476. The molecule has 10 heteroatoms. The molecule has 1 aliphatic heterocycles. The molecule has 31 heavy (non-hydrogen) atoms. The molecular formula is C21H26F2N6OS. The van der Waals surface area contributed by atoms with Crippen LogP contribution in [0.5, 0.6) is 0 Å². The largest absolute Gasteiger partial charge is 0.363 e. The maximum Gasteiger partial charge on any atom is 0.275 e. The van der Waals surface area contributed by atoms with Gasteiger partial charge in [0.15, 0.2) is 5.11 Å². The number of hydrogen-bond acceptors (Lipinski definition) is 4. The molecule has 2 aliphatic rings. The number of hydrazine groups is 1. The quantitative estimate of drug-likeness (QED) is 0.422. The van der Waals surface area contributed by atoms with Crippen LogP contribution in [0.25, 0.3) is 0 Å². The van der Waals surface area contributed by atoms with Crippen LogP contribution < -0.4 is 21.5 Å². The number of amides is 1. The molecule has 0 spiro atoms. The van der Waals surface area contributed by atoms with Crippen molar-refractivity contribution in [1.29, 1.82) is 0 Å². The Kier molecular flexibility index (Phi) is 6.64. The van der Waals surface area contributed by atoms with Gasteiger partial charge in [-0.15, -0.1) is 0 Å². The minimum Gasteiger partial charge on any atom is -0.363 e. The number of alkyl halides is 2. The summed E-state index contributed by atoms with van der Waals surface area (Å²) in [5, 5.41) is 10.8. The fourth-order valence-corrected chi connectivity index (χ4v) is 4.47. The van der Waals surface area contributed by atoms with E-state index in [0.717, 1.165) is 31.2 Å². The molecule has 1 aromatic heterocycles. The summed E-state index contributed by atoms with van der Waals surface area (Å²) in [7, 11) is 0. The van der Waals surface area contributed by atoms with E-state index < -0.39 is 18.4 Å². The van der Waals surface area contributed by atoms with E-state index in [1.165, 1.54) is 17.3 Å². The topological polar surface area (TPSA) is 83.0 Å². The third-order valence-electron chi connectivity index (χ3n) is 5.87. The summed E-state index contributed by atoms with van der Waals surface area (Å²) in [6.45, 7) is 0. The number of thiocarbonyl (C=S) groups is 1. The normalized spacial score (nSPS) is 21.1. The molecule has 166 valence electrons. The third kappa shape index (κ3) is 4.95. The molecule has 2 aromatic rings. The summed E-state index contributed by atoms with van der Waals surface area (Å²) in [5.41, 5.74) is 6.32. The number of hydrogen-bond donors (Lipinski definition) is 4. The number of fused-ring (bicyclic) bond motifs is 1. The Hall–Kier alpha value is -2.75. The minimum absolute atomic E-state index is 0.172. The van der Waals surface area contributed by atoms with Crippen LogP contribution in [0, 0.1) is 0 Å². The average Bonchev–Trinajstić information content (AvgIpc) is 3.22. The van der Waals surface area contributed by atoms with E-state index >= 15 is 0 Å². The van der Waals surface area contributed by atoms with E-state index in [9.17, 15) is 13.6 Å². The molecule has 1 aromatic carbocycles. The molecule has 1 fully saturated rings. The monoisotopic (exact) mass is 448 g/mol. The van der Waals surface area contributed by atoms with Crippen LogP contribution in [0.1, 0.15) is 66.5 Å². The van der Waals surface area contributed by atoms with Crippen molar-refractivity contribution < 1.29 is 13.6 Å². The maximum atomic E-state index is 13.7. The van der Waals surface area contributed by atoms with Gasteiger partial charge in [0, 0.05) is 6.04 Å². The van der Waals surface area contributed by atoms with Gasteiger partial charge in [0.05, 0.1) is 12.2 Å². The van der Waals surface area contributed by atoms with Gasteiger partial charge in [-0.25, -0.2) is 13.5 Å². The number of carbonyl (C=O) groups excluding carboxylic acids is 1. The van der Waals surface area contributed by atoms with Crippen molar-refractivity contribution in [3.8, 4) is 0 Å². The first-order chi connectivity index (χ1) is 15.0. The summed E-state index contributed by atoms with van der Waals surface area (Å²) in [5.74, 6) is -0.223. The van der Waals surface area contributed by atoms with Crippen molar-refractivity contribution in [3.05, 3.63) is 47.7 Å². The van der Waals surface area contributed by atoms with Gasteiger partial charge < -0.3 is 10.6 Å². The number of benzene rings is 1. The number of rotatable bonds is 4. The highest BCUT2D eigenvalue weighted by Gasteiger charge is 2.36. The lowest BCUT2D eigenvalue weighted by molar-refractivity contribution is 0.0656. The van der Waals surface area contributed by atoms with E-state index in [1.54, 1.807) is 0 Å². The fourth-order valence-electron chi connectivity index (χ4n) is 4.25. The first-order valence-electron chi connectivity index (χ1n) is 10.6. The average molecular weight is 449 g/mol. The molecule has 1 saturated carbocycles. The van der Waals surface area contributed by atoms with E-state index in [-0.39, 0.29) is 23.8 Å².